The van der Waals surface area contributed by atoms with Gasteiger partial charge in [0.1, 0.15) is 0 Å². The predicted molar refractivity (Wildman–Crippen MR) is 82.7 cm³/mol. The Morgan fingerprint density at radius 1 is 1.33 bits per heavy atom. The third-order valence-electron chi connectivity index (χ3n) is 3.10. The van der Waals surface area contributed by atoms with Crippen LogP contribution in [0.5, 0.6) is 0 Å². The van der Waals surface area contributed by atoms with Gasteiger partial charge >= 0.3 is 5.97 Å². The van der Waals surface area contributed by atoms with Crippen molar-refractivity contribution in [2.45, 2.75) is 39.4 Å². The molecule has 1 aromatic rings. The van der Waals surface area contributed by atoms with Crippen LogP contribution in [-0.2, 0) is 9.53 Å². The number of aliphatic carboxylic acids is 1. The molecule has 0 spiro atoms. The molecule has 0 amide bonds. The van der Waals surface area contributed by atoms with E-state index in [9.17, 15) is 9.90 Å². The molecule has 21 heavy (non-hydrogen) atoms. The van der Waals surface area contributed by atoms with Gasteiger partial charge in [0.2, 0.25) is 0 Å². The van der Waals surface area contributed by atoms with Crippen LogP contribution in [0.15, 0.2) is 24.3 Å². The zero-order valence-electron chi connectivity index (χ0n) is 13.0. The van der Waals surface area contributed by atoms with Crippen LogP contribution in [0.3, 0.4) is 0 Å². The number of benzene rings is 1. The molecule has 118 valence electrons. The summed E-state index contributed by atoms with van der Waals surface area (Å²) in [5, 5.41) is 18.9. The molecule has 0 radical (unpaired) electrons. The number of para-hydroxylation sites is 1. The number of ether oxygens (including phenoxy) is 1. The zero-order chi connectivity index (χ0) is 15.8. The van der Waals surface area contributed by atoms with E-state index in [1.807, 2.05) is 49.9 Å². The molecule has 2 N–H and O–H groups in total. The van der Waals surface area contributed by atoms with E-state index < -0.39 is 12.1 Å². The third kappa shape index (κ3) is 6.60. The Bertz CT molecular complexity index is 448. The SMILES string of the molecule is Cc1ccccc1N(CCC(=O)O)CC(O)COC(C)C. The lowest BCUT2D eigenvalue weighted by Gasteiger charge is -2.28. The van der Waals surface area contributed by atoms with Gasteiger partial charge in [0.05, 0.1) is 25.2 Å². The summed E-state index contributed by atoms with van der Waals surface area (Å²) < 4.78 is 5.40. The molecule has 1 atom stereocenters. The first-order valence-corrected chi connectivity index (χ1v) is 7.22. The molecule has 0 saturated carbocycles. The number of aliphatic hydroxyl groups is 1. The second-order valence-corrected chi connectivity index (χ2v) is 5.41. The number of carbonyl (C=O) groups is 1. The molecule has 0 bridgehead atoms. The Labute approximate surface area is 126 Å². The lowest BCUT2D eigenvalue weighted by Crippen LogP contribution is -2.37. The summed E-state index contributed by atoms with van der Waals surface area (Å²) in [6.45, 7) is 6.75. The summed E-state index contributed by atoms with van der Waals surface area (Å²) in [6, 6.07) is 7.76. The minimum absolute atomic E-state index is 0.0338. The highest BCUT2D eigenvalue weighted by atomic mass is 16.5. The fourth-order valence-electron chi connectivity index (χ4n) is 2.07. The lowest BCUT2D eigenvalue weighted by atomic mass is 10.1. The number of anilines is 1. The largest absolute Gasteiger partial charge is 0.481 e. The Balaban J connectivity index is 2.73. The van der Waals surface area contributed by atoms with Gasteiger partial charge in [-0.1, -0.05) is 18.2 Å². The van der Waals surface area contributed by atoms with Gasteiger partial charge in [-0.25, -0.2) is 0 Å². The molecular formula is C16H25NO4. The lowest BCUT2D eigenvalue weighted by molar-refractivity contribution is -0.136. The summed E-state index contributed by atoms with van der Waals surface area (Å²) in [6.07, 6.45) is -0.557. The molecule has 5 nitrogen and oxygen atoms in total. The van der Waals surface area contributed by atoms with Crippen molar-refractivity contribution in [3.05, 3.63) is 29.8 Å². The van der Waals surface area contributed by atoms with E-state index >= 15 is 0 Å². The number of rotatable bonds is 9. The second kappa shape index (κ2) is 8.64. The second-order valence-electron chi connectivity index (χ2n) is 5.41. The zero-order valence-corrected chi connectivity index (χ0v) is 13.0. The number of nitrogens with zero attached hydrogens (tertiary/aromatic N) is 1. The van der Waals surface area contributed by atoms with Crippen LogP contribution in [0.2, 0.25) is 0 Å². The maximum atomic E-state index is 10.8. The summed E-state index contributed by atoms with van der Waals surface area (Å²) in [4.78, 5) is 12.7. The summed E-state index contributed by atoms with van der Waals surface area (Å²) >= 11 is 0. The van der Waals surface area contributed by atoms with Gasteiger partial charge in [-0.3, -0.25) is 4.79 Å². The van der Waals surface area contributed by atoms with Crippen LogP contribution in [0.25, 0.3) is 0 Å². The van der Waals surface area contributed by atoms with Crippen molar-refractivity contribution in [1.29, 1.82) is 0 Å². The van der Waals surface area contributed by atoms with E-state index in [4.69, 9.17) is 9.84 Å². The van der Waals surface area contributed by atoms with Crippen LogP contribution in [0.1, 0.15) is 25.8 Å². The monoisotopic (exact) mass is 295 g/mol. The van der Waals surface area contributed by atoms with E-state index in [1.165, 1.54) is 0 Å². The normalized spacial score (nSPS) is 12.4. The molecule has 0 saturated heterocycles. The highest BCUT2D eigenvalue weighted by Gasteiger charge is 2.16. The van der Waals surface area contributed by atoms with Gasteiger partial charge in [-0.2, -0.15) is 0 Å². The van der Waals surface area contributed by atoms with Crippen molar-refractivity contribution in [2.24, 2.45) is 0 Å². The molecule has 0 fully saturated rings. The first kappa shape index (κ1) is 17.5. The van der Waals surface area contributed by atoms with Crippen molar-refractivity contribution in [1.82, 2.24) is 0 Å². The van der Waals surface area contributed by atoms with Crippen molar-refractivity contribution < 1.29 is 19.7 Å². The van der Waals surface area contributed by atoms with Crippen LogP contribution >= 0.6 is 0 Å². The van der Waals surface area contributed by atoms with Crippen molar-refractivity contribution in [2.75, 3.05) is 24.6 Å². The summed E-state index contributed by atoms with van der Waals surface area (Å²) in [7, 11) is 0. The topological polar surface area (TPSA) is 70.0 Å². The molecule has 0 aliphatic rings. The third-order valence-corrected chi connectivity index (χ3v) is 3.10. The Hall–Kier alpha value is -1.59. The van der Waals surface area contributed by atoms with Crippen molar-refractivity contribution >= 4 is 11.7 Å². The summed E-state index contributed by atoms with van der Waals surface area (Å²) in [5.41, 5.74) is 2.00. The first-order valence-electron chi connectivity index (χ1n) is 7.22. The van der Waals surface area contributed by atoms with Gasteiger partial charge in [-0.15, -0.1) is 0 Å². The number of aryl methyl sites for hydroxylation is 1. The van der Waals surface area contributed by atoms with Crippen LogP contribution in [0, 0.1) is 6.92 Å². The van der Waals surface area contributed by atoms with Gasteiger partial charge in [0.15, 0.2) is 0 Å². The fraction of sp³-hybridized carbons (Fsp3) is 0.562. The maximum absolute atomic E-state index is 10.8. The van der Waals surface area contributed by atoms with Crippen LogP contribution in [-0.4, -0.2) is 48.1 Å². The molecule has 1 unspecified atom stereocenters. The van der Waals surface area contributed by atoms with Crippen LogP contribution in [0.4, 0.5) is 5.69 Å². The minimum Gasteiger partial charge on any atom is -0.481 e. The van der Waals surface area contributed by atoms with Crippen molar-refractivity contribution in [3.8, 4) is 0 Å². The van der Waals surface area contributed by atoms with Gasteiger partial charge in [-0.05, 0) is 32.4 Å². The van der Waals surface area contributed by atoms with E-state index in [-0.39, 0.29) is 19.1 Å². The van der Waals surface area contributed by atoms with Crippen LogP contribution < -0.4 is 4.90 Å². The minimum atomic E-state index is -0.846. The number of carboxylic acid groups (broad SMARTS) is 1. The van der Waals surface area contributed by atoms with E-state index in [0.29, 0.717) is 13.1 Å². The van der Waals surface area contributed by atoms with E-state index in [1.54, 1.807) is 0 Å². The molecule has 0 aromatic heterocycles. The maximum Gasteiger partial charge on any atom is 0.305 e. The Morgan fingerprint density at radius 2 is 2.00 bits per heavy atom. The molecule has 1 rings (SSSR count). The quantitative estimate of drug-likeness (QED) is 0.730. The van der Waals surface area contributed by atoms with E-state index in [2.05, 4.69) is 0 Å². The molecule has 1 aromatic carbocycles. The highest BCUT2D eigenvalue weighted by Crippen LogP contribution is 2.20. The average Bonchev–Trinajstić information content (AvgIpc) is 2.41. The van der Waals surface area contributed by atoms with Gasteiger partial charge in [0, 0.05) is 18.8 Å². The predicted octanol–water partition coefficient (Wildman–Crippen LogP) is 2.06. The standard InChI is InChI=1S/C16H25NO4/c1-12(2)21-11-14(18)10-17(9-8-16(19)20)15-7-5-4-6-13(15)3/h4-7,12,14,18H,8-11H2,1-3H3,(H,19,20). The van der Waals surface area contributed by atoms with Gasteiger partial charge in [0.25, 0.3) is 0 Å². The fourth-order valence-corrected chi connectivity index (χ4v) is 2.07. The number of hydrogen-bond donors (Lipinski definition) is 2. The number of hydrogen-bond acceptors (Lipinski definition) is 4. The van der Waals surface area contributed by atoms with E-state index in [0.717, 1.165) is 11.3 Å². The molecule has 5 heteroatoms. The highest BCUT2D eigenvalue weighted by molar-refractivity contribution is 5.68. The average molecular weight is 295 g/mol. The number of carboxylic acids is 1. The molecular weight excluding hydrogens is 270 g/mol. The Kier molecular flexibility index (Phi) is 7.19. The smallest absolute Gasteiger partial charge is 0.305 e. The number of aliphatic hydroxyl groups excluding tert-OH is 1. The van der Waals surface area contributed by atoms with Gasteiger partial charge < -0.3 is 19.8 Å². The molecule has 0 heterocycles. The van der Waals surface area contributed by atoms with Crippen molar-refractivity contribution in [3.63, 3.8) is 0 Å². The first-order chi connectivity index (χ1) is 9.90. The Morgan fingerprint density at radius 3 is 2.57 bits per heavy atom. The summed E-state index contributed by atoms with van der Waals surface area (Å²) in [5.74, 6) is -0.846. The molecule has 0 aliphatic carbocycles. The molecule has 0 aliphatic heterocycles.